The van der Waals surface area contributed by atoms with Crippen LogP contribution in [0, 0.1) is 5.92 Å². The van der Waals surface area contributed by atoms with Crippen LogP contribution in [0.3, 0.4) is 0 Å². The summed E-state index contributed by atoms with van der Waals surface area (Å²) in [6, 6.07) is 15.3. The van der Waals surface area contributed by atoms with Gasteiger partial charge in [-0.1, -0.05) is 67.4 Å². The SMILES string of the molecule is COc1ccc2ccccc2c1/C=N/NC(=O)C(NC(=O)c1ccc(Cl)cc1Cl)C(C)C. The third-order valence-corrected chi connectivity index (χ3v) is 5.48. The zero-order valence-electron chi connectivity index (χ0n) is 17.9. The molecule has 0 spiro atoms. The lowest BCUT2D eigenvalue weighted by molar-refractivity contribution is -0.123. The Hall–Kier alpha value is -3.09. The number of fused-ring (bicyclic) bond motifs is 1. The van der Waals surface area contributed by atoms with Gasteiger partial charge in [-0.2, -0.15) is 5.10 Å². The summed E-state index contributed by atoms with van der Waals surface area (Å²) in [7, 11) is 1.58. The highest BCUT2D eigenvalue weighted by molar-refractivity contribution is 6.36. The van der Waals surface area contributed by atoms with Gasteiger partial charge >= 0.3 is 0 Å². The van der Waals surface area contributed by atoms with Crippen LogP contribution < -0.4 is 15.5 Å². The Kier molecular flexibility index (Phi) is 7.72. The molecule has 32 heavy (non-hydrogen) atoms. The van der Waals surface area contributed by atoms with E-state index in [1.165, 1.54) is 18.3 Å². The van der Waals surface area contributed by atoms with Crippen molar-refractivity contribution >= 4 is 52.0 Å². The van der Waals surface area contributed by atoms with Gasteiger partial charge in [0.05, 0.1) is 23.9 Å². The minimum absolute atomic E-state index is 0.188. The molecule has 166 valence electrons. The van der Waals surface area contributed by atoms with Crippen molar-refractivity contribution in [1.29, 1.82) is 0 Å². The Bertz CT molecular complexity index is 1180. The van der Waals surface area contributed by atoms with Crippen molar-refractivity contribution in [1.82, 2.24) is 10.7 Å². The average Bonchev–Trinajstić information content (AvgIpc) is 2.77. The molecule has 0 fully saturated rings. The molecule has 6 nitrogen and oxygen atoms in total. The summed E-state index contributed by atoms with van der Waals surface area (Å²) in [5.74, 6) is -0.478. The monoisotopic (exact) mass is 471 g/mol. The zero-order valence-corrected chi connectivity index (χ0v) is 19.4. The summed E-state index contributed by atoms with van der Waals surface area (Å²) in [6.45, 7) is 3.65. The van der Waals surface area contributed by atoms with Crippen LogP contribution >= 0.6 is 23.2 Å². The van der Waals surface area contributed by atoms with Crippen molar-refractivity contribution in [2.45, 2.75) is 19.9 Å². The second-order valence-electron chi connectivity index (χ2n) is 7.46. The highest BCUT2D eigenvalue weighted by Gasteiger charge is 2.25. The number of methoxy groups -OCH3 is 1. The number of hydrogen-bond donors (Lipinski definition) is 2. The van der Waals surface area contributed by atoms with Gasteiger partial charge in [0.2, 0.25) is 0 Å². The van der Waals surface area contributed by atoms with E-state index < -0.39 is 17.9 Å². The molecule has 1 atom stereocenters. The number of hydrazone groups is 1. The van der Waals surface area contributed by atoms with E-state index in [4.69, 9.17) is 27.9 Å². The Morgan fingerprint density at radius 3 is 2.50 bits per heavy atom. The van der Waals surface area contributed by atoms with Gasteiger partial charge < -0.3 is 10.1 Å². The molecule has 0 radical (unpaired) electrons. The second kappa shape index (κ2) is 10.5. The van der Waals surface area contributed by atoms with E-state index in [1.54, 1.807) is 13.2 Å². The molecule has 2 N–H and O–H groups in total. The number of carbonyl (C=O) groups is 2. The van der Waals surface area contributed by atoms with Gasteiger partial charge in [0.25, 0.3) is 11.8 Å². The second-order valence-corrected chi connectivity index (χ2v) is 8.30. The van der Waals surface area contributed by atoms with Gasteiger partial charge in [-0.15, -0.1) is 0 Å². The highest BCUT2D eigenvalue weighted by atomic mass is 35.5. The third-order valence-electron chi connectivity index (χ3n) is 4.93. The first kappa shape index (κ1) is 23.6. The van der Waals surface area contributed by atoms with Crippen LogP contribution in [0.5, 0.6) is 5.75 Å². The first-order valence-corrected chi connectivity index (χ1v) is 10.7. The van der Waals surface area contributed by atoms with Gasteiger partial charge in [-0.25, -0.2) is 5.43 Å². The largest absolute Gasteiger partial charge is 0.496 e. The number of nitrogens with one attached hydrogen (secondary N) is 2. The van der Waals surface area contributed by atoms with Crippen LogP contribution in [-0.2, 0) is 4.79 Å². The fourth-order valence-electron chi connectivity index (χ4n) is 3.24. The maximum atomic E-state index is 12.8. The molecule has 0 aliphatic rings. The van der Waals surface area contributed by atoms with E-state index in [1.807, 2.05) is 50.2 Å². The Balaban J connectivity index is 1.77. The van der Waals surface area contributed by atoms with Crippen LogP contribution in [-0.4, -0.2) is 31.2 Å². The molecular formula is C24H23Cl2N3O3. The Labute approximate surface area is 196 Å². The molecule has 0 bridgehead atoms. The standard InChI is InChI=1S/C24H23Cl2N3O3/c1-14(2)22(28-23(30)18-10-9-16(25)12-20(18)26)24(31)29-27-13-19-17-7-5-4-6-15(17)8-11-21(19)32-3/h4-14,22H,1-3H3,(H,28,30)(H,29,31)/b27-13+. The fraction of sp³-hybridized carbons (Fsp3) is 0.208. The first-order chi connectivity index (χ1) is 15.3. The molecule has 8 heteroatoms. The molecule has 0 heterocycles. The summed E-state index contributed by atoms with van der Waals surface area (Å²) in [6.07, 6.45) is 1.54. The molecule has 0 aliphatic heterocycles. The Morgan fingerprint density at radius 1 is 1.06 bits per heavy atom. The van der Waals surface area contributed by atoms with Crippen molar-refractivity contribution in [3.05, 3.63) is 75.8 Å². The fourth-order valence-corrected chi connectivity index (χ4v) is 3.74. The predicted octanol–water partition coefficient (Wildman–Crippen LogP) is 5.06. The van der Waals surface area contributed by atoms with Crippen molar-refractivity contribution < 1.29 is 14.3 Å². The molecule has 0 aliphatic carbocycles. The van der Waals surface area contributed by atoms with Gasteiger partial charge in [-0.05, 0) is 41.0 Å². The lowest BCUT2D eigenvalue weighted by Crippen LogP contribution is -2.48. The van der Waals surface area contributed by atoms with Crippen LogP contribution in [0.1, 0.15) is 29.8 Å². The zero-order chi connectivity index (χ0) is 23.3. The van der Waals surface area contributed by atoms with Gasteiger partial charge in [0, 0.05) is 10.6 Å². The van der Waals surface area contributed by atoms with Crippen LogP contribution in [0.25, 0.3) is 10.8 Å². The molecule has 3 aromatic rings. The minimum atomic E-state index is -0.819. The summed E-state index contributed by atoms with van der Waals surface area (Å²) >= 11 is 12.0. The Morgan fingerprint density at radius 2 is 1.81 bits per heavy atom. The number of amides is 2. The molecule has 1 unspecified atom stereocenters. The number of ether oxygens (including phenoxy) is 1. The normalized spacial score (nSPS) is 12.2. The summed E-state index contributed by atoms with van der Waals surface area (Å²) in [5.41, 5.74) is 3.49. The number of hydrogen-bond acceptors (Lipinski definition) is 4. The predicted molar refractivity (Wildman–Crippen MR) is 129 cm³/mol. The molecule has 0 saturated heterocycles. The quantitative estimate of drug-likeness (QED) is 0.373. The van der Waals surface area contributed by atoms with Gasteiger partial charge in [-0.3, -0.25) is 9.59 Å². The van der Waals surface area contributed by atoms with Gasteiger partial charge in [0.15, 0.2) is 0 Å². The van der Waals surface area contributed by atoms with E-state index >= 15 is 0 Å². The number of nitrogens with zero attached hydrogens (tertiary/aromatic N) is 1. The average molecular weight is 472 g/mol. The molecule has 3 rings (SSSR count). The van der Waals surface area contributed by atoms with Gasteiger partial charge in [0.1, 0.15) is 11.8 Å². The lowest BCUT2D eigenvalue weighted by Gasteiger charge is -2.20. The number of rotatable bonds is 7. The van der Waals surface area contributed by atoms with Crippen molar-refractivity contribution in [3.63, 3.8) is 0 Å². The van der Waals surface area contributed by atoms with Crippen molar-refractivity contribution in [2.24, 2.45) is 11.0 Å². The molecule has 2 amide bonds. The van der Waals surface area contributed by atoms with E-state index in [-0.39, 0.29) is 16.5 Å². The van der Waals surface area contributed by atoms with E-state index in [9.17, 15) is 9.59 Å². The maximum Gasteiger partial charge on any atom is 0.262 e. The summed E-state index contributed by atoms with van der Waals surface area (Å²) in [5, 5.41) is 9.42. The number of benzene rings is 3. The summed E-state index contributed by atoms with van der Waals surface area (Å²) in [4.78, 5) is 25.4. The minimum Gasteiger partial charge on any atom is -0.496 e. The van der Waals surface area contributed by atoms with Crippen LogP contribution in [0.4, 0.5) is 0 Å². The number of carbonyl (C=O) groups excluding carboxylic acids is 2. The molecule has 3 aromatic carbocycles. The number of halogens is 2. The van der Waals surface area contributed by atoms with E-state index in [0.29, 0.717) is 10.8 Å². The molecule has 0 aromatic heterocycles. The molecular weight excluding hydrogens is 449 g/mol. The van der Waals surface area contributed by atoms with E-state index in [0.717, 1.165) is 16.3 Å². The summed E-state index contributed by atoms with van der Waals surface area (Å²) < 4.78 is 5.44. The third kappa shape index (κ3) is 5.39. The van der Waals surface area contributed by atoms with E-state index in [2.05, 4.69) is 15.8 Å². The highest BCUT2D eigenvalue weighted by Crippen LogP contribution is 2.26. The lowest BCUT2D eigenvalue weighted by atomic mass is 10.0. The first-order valence-electron chi connectivity index (χ1n) is 9.96. The smallest absolute Gasteiger partial charge is 0.262 e. The van der Waals surface area contributed by atoms with Crippen LogP contribution in [0.15, 0.2) is 59.7 Å². The molecule has 0 saturated carbocycles. The van der Waals surface area contributed by atoms with Crippen molar-refractivity contribution in [2.75, 3.05) is 7.11 Å². The maximum absolute atomic E-state index is 12.8. The topological polar surface area (TPSA) is 79.8 Å². The van der Waals surface area contributed by atoms with Crippen LogP contribution in [0.2, 0.25) is 10.0 Å². The van der Waals surface area contributed by atoms with Crippen molar-refractivity contribution in [3.8, 4) is 5.75 Å².